The van der Waals surface area contributed by atoms with E-state index < -0.39 is 0 Å². The van der Waals surface area contributed by atoms with Crippen molar-refractivity contribution >= 4 is 23.4 Å². The predicted molar refractivity (Wildman–Crippen MR) is 48.1 cm³/mol. The van der Waals surface area contributed by atoms with Crippen molar-refractivity contribution < 1.29 is 0 Å². The van der Waals surface area contributed by atoms with Crippen molar-refractivity contribution in [1.29, 1.82) is 5.26 Å². The number of thioether (sulfide) groups is 1. The molecule has 0 unspecified atom stereocenters. The molecule has 3 nitrogen and oxygen atoms in total. The van der Waals surface area contributed by atoms with Gasteiger partial charge in [0, 0.05) is 11.8 Å². The van der Waals surface area contributed by atoms with Crippen LogP contribution in [0.15, 0.2) is 11.4 Å². The molecule has 0 amide bonds. The van der Waals surface area contributed by atoms with Gasteiger partial charge in [-0.2, -0.15) is 5.26 Å². The molecule has 0 radical (unpaired) electrons. The third-order valence-electron chi connectivity index (χ3n) is 1.24. The summed E-state index contributed by atoms with van der Waals surface area (Å²) in [6.07, 6.45) is 3.72. The van der Waals surface area contributed by atoms with Gasteiger partial charge < -0.3 is 0 Å². The first kappa shape index (κ1) is 9.30. The Balaban J connectivity index is 2.97. The fraction of sp³-hybridized carbons (Fsp3) is 0.286. The van der Waals surface area contributed by atoms with E-state index in [0.29, 0.717) is 15.9 Å². The van der Waals surface area contributed by atoms with Crippen LogP contribution in [0.1, 0.15) is 5.56 Å². The number of nitrogens with zero attached hydrogens (tertiary/aromatic N) is 3. The van der Waals surface area contributed by atoms with Gasteiger partial charge in [0.15, 0.2) is 5.16 Å². The van der Waals surface area contributed by atoms with Crippen molar-refractivity contribution in [3.8, 4) is 6.07 Å². The van der Waals surface area contributed by atoms with E-state index in [0.717, 1.165) is 0 Å². The summed E-state index contributed by atoms with van der Waals surface area (Å²) in [7, 11) is 0. The standard InChI is InChI=1S/C7H6ClN3S/c1-12-7-10-4-5(2-3-9)6(8)11-7/h4H,2H2,1H3. The largest absolute Gasteiger partial charge is 0.231 e. The maximum absolute atomic E-state index is 8.40. The first-order chi connectivity index (χ1) is 5.77. The SMILES string of the molecule is CSc1ncc(CC#N)c(Cl)n1. The van der Waals surface area contributed by atoms with Gasteiger partial charge in [0.1, 0.15) is 5.15 Å². The molecule has 1 rings (SSSR count). The zero-order chi connectivity index (χ0) is 8.97. The lowest BCUT2D eigenvalue weighted by atomic mass is 10.3. The van der Waals surface area contributed by atoms with Crippen LogP contribution < -0.4 is 0 Å². The highest BCUT2D eigenvalue weighted by Gasteiger charge is 2.02. The Hall–Kier alpha value is -0.790. The Morgan fingerprint density at radius 1 is 1.75 bits per heavy atom. The number of hydrogen-bond acceptors (Lipinski definition) is 4. The molecule has 0 N–H and O–H groups in total. The van der Waals surface area contributed by atoms with Crippen LogP contribution in [0.3, 0.4) is 0 Å². The Labute approximate surface area is 79.8 Å². The molecule has 1 aromatic heterocycles. The lowest BCUT2D eigenvalue weighted by Gasteiger charge is -1.98. The monoisotopic (exact) mass is 199 g/mol. The van der Waals surface area contributed by atoms with Gasteiger partial charge in [-0.15, -0.1) is 0 Å². The van der Waals surface area contributed by atoms with Crippen LogP contribution in [0.5, 0.6) is 0 Å². The highest BCUT2D eigenvalue weighted by Crippen LogP contribution is 2.16. The Morgan fingerprint density at radius 3 is 3.00 bits per heavy atom. The molecule has 0 spiro atoms. The van der Waals surface area contributed by atoms with Gasteiger partial charge >= 0.3 is 0 Å². The first-order valence-electron chi connectivity index (χ1n) is 3.20. The number of halogens is 1. The average Bonchev–Trinajstić information content (AvgIpc) is 2.09. The predicted octanol–water partition coefficient (Wildman–Crippen LogP) is 1.92. The maximum atomic E-state index is 8.40. The molecule has 12 heavy (non-hydrogen) atoms. The van der Waals surface area contributed by atoms with Crippen molar-refractivity contribution in [2.75, 3.05) is 6.26 Å². The van der Waals surface area contributed by atoms with Crippen LogP contribution in [0.25, 0.3) is 0 Å². The molecule has 1 aromatic rings. The van der Waals surface area contributed by atoms with Crippen LogP contribution in [-0.4, -0.2) is 16.2 Å². The van der Waals surface area contributed by atoms with Crippen molar-refractivity contribution in [1.82, 2.24) is 9.97 Å². The summed E-state index contributed by atoms with van der Waals surface area (Å²) in [4.78, 5) is 7.97. The summed E-state index contributed by atoms with van der Waals surface area (Å²) in [5.74, 6) is 0. The minimum absolute atomic E-state index is 0.257. The van der Waals surface area contributed by atoms with Gasteiger partial charge in [0.05, 0.1) is 12.5 Å². The fourth-order valence-electron chi connectivity index (χ4n) is 0.673. The van der Waals surface area contributed by atoms with Crippen molar-refractivity contribution in [3.63, 3.8) is 0 Å². The molecule has 1 heterocycles. The zero-order valence-corrected chi connectivity index (χ0v) is 7.98. The average molecular weight is 200 g/mol. The van der Waals surface area contributed by atoms with E-state index in [-0.39, 0.29) is 6.42 Å². The second kappa shape index (κ2) is 4.29. The highest BCUT2D eigenvalue weighted by atomic mass is 35.5. The molecule has 0 aliphatic rings. The molecule has 0 aromatic carbocycles. The molecule has 0 saturated heterocycles. The summed E-state index contributed by atoms with van der Waals surface area (Å²) in [5, 5.41) is 9.40. The molecular weight excluding hydrogens is 194 g/mol. The summed E-state index contributed by atoms with van der Waals surface area (Å²) in [6, 6.07) is 1.99. The summed E-state index contributed by atoms with van der Waals surface area (Å²) in [5.41, 5.74) is 0.678. The maximum Gasteiger partial charge on any atom is 0.188 e. The van der Waals surface area contributed by atoms with E-state index in [4.69, 9.17) is 16.9 Å². The fourth-order valence-corrected chi connectivity index (χ4v) is 1.26. The number of hydrogen-bond donors (Lipinski definition) is 0. The Kier molecular flexibility index (Phi) is 3.32. The van der Waals surface area contributed by atoms with E-state index in [2.05, 4.69) is 9.97 Å². The van der Waals surface area contributed by atoms with Gasteiger partial charge in [0.2, 0.25) is 0 Å². The number of nitriles is 1. The van der Waals surface area contributed by atoms with E-state index in [9.17, 15) is 0 Å². The highest BCUT2D eigenvalue weighted by molar-refractivity contribution is 7.98. The lowest BCUT2D eigenvalue weighted by molar-refractivity contribution is 0.943. The third-order valence-corrected chi connectivity index (χ3v) is 2.13. The van der Waals surface area contributed by atoms with Gasteiger partial charge in [0.25, 0.3) is 0 Å². The Morgan fingerprint density at radius 2 is 2.50 bits per heavy atom. The third kappa shape index (κ3) is 2.10. The molecule has 62 valence electrons. The second-order valence-corrected chi connectivity index (χ2v) is 3.14. The van der Waals surface area contributed by atoms with Gasteiger partial charge in [-0.1, -0.05) is 23.4 Å². The van der Waals surface area contributed by atoms with Crippen molar-refractivity contribution in [2.24, 2.45) is 0 Å². The Bertz CT molecular complexity index is 321. The quantitative estimate of drug-likeness (QED) is 0.415. The van der Waals surface area contributed by atoms with E-state index in [1.54, 1.807) is 6.20 Å². The van der Waals surface area contributed by atoms with E-state index in [1.807, 2.05) is 12.3 Å². The van der Waals surface area contributed by atoms with Crippen molar-refractivity contribution in [2.45, 2.75) is 11.6 Å². The minimum atomic E-state index is 0.257. The molecule has 0 aliphatic heterocycles. The summed E-state index contributed by atoms with van der Waals surface area (Å²) in [6.45, 7) is 0. The molecule has 0 fully saturated rings. The first-order valence-corrected chi connectivity index (χ1v) is 4.80. The second-order valence-electron chi connectivity index (χ2n) is 2.01. The van der Waals surface area contributed by atoms with E-state index in [1.165, 1.54) is 11.8 Å². The van der Waals surface area contributed by atoms with Crippen LogP contribution in [-0.2, 0) is 6.42 Å². The van der Waals surface area contributed by atoms with Crippen LogP contribution >= 0.6 is 23.4 Å². The summed E-state index contributed by atoms with van der Waals surface area (Å²) < 4.78 is 0. The van der Waals surface area contributed by atoms with Crippen LogP contribution in [0.4, 0.5) is 0 Å². The van der Waals surface area contributed by atoms with Gasteiger partial charge in [-0.25, -0.2) is 9.97 Å². The molecule has 0 aliphatic carbocycles. The van der Waals surface area contributed by atoms with Gasteiger partial charge in [-0.05, 0) is 6.26 Å². The zero-order valence-electron chi connectivity index (χ0n) is 6.41. The van der Waals surface area contributed by atoms with Crippen LogP contribution in [0.2, 0.25) is 5.15 Å². The molecule has 0 saturated carbocycles. The minimum Gasteiger partial charge on any atom is -0.231 e. The normalized spacial score (nSPS) is 9.42. The molecule has 0 atom stereocenters. The smallest absolute Gasteiger partial charge is 0.188 e. The number of rotatable bonds is 2. The molecular formula is C7H6ClN3S. The number of aromatic nitrogens is 2. The van der Waals surface area contributed by atoms with Gasteiger partial charge in [-0.3, -0.25) is 0 Å². The topological polar surface area (TPSA) is 49.6 Å². The lowest BCUT2D eigenvalue weighted by Crippen LogP contribution is -1.92. The van der Waals surface area contributed by atoms with E-state index >= 15 is 0 Å². The summed E-state index contributed by atoms with van der Waals surface area (Å²) >= 11 is 7.19. The van der Waals surface area contributed by atoms with Crippen LogP contribution in [0, 0.1) is 11.3 Å². The van der Waals surface area contributed by atoms with Crippen molar-refractivity contribution in [3.05, 3.63) is 16.9 Å². The molecule has 5 heteroatoms. The molecule has 0 bridgehead atoms.